The number of halogens is 1. The monoisotopic (exact) mass is 554 g/mol. The average molecular weight is 555 g/mol. The molecule has 0 fully saturated rings. The van der Waals surface area contributed by atoms with Crippen LogP contribution < -0.4 is 10.6 Å². The topological polar surface area (TPSA) is 122 Å². The van der Waals surface area contributed by atoms with Crippen molar-refractivity contribution in [1.82, 2.24) is 24.9 Å². The molecule has 0 aliphatic rings. The maximum Gasteiger partial charge on any atom is 0.330 e. The molecule has 9 nitrogen and oxygen atoms in total. The highest BCUT2D eigenvalue weighted by molar-refractivity contribution is 7.22. The fourth-order valence-electron chi connectivity index (χ4n) is 4.21. The van der Waals surface area contributed by atoms with Gasteiger partial charge >= 0.3 is 5.97 Å². The van der Waals surface area contributed by atoms with E-state index in [2.05, 4.69) is 25.8 Å². The number of thiazole rings is 1. The molecule has 3 heterocycles. The molecule has 6 rings (SSSR count). The zero-order valence-electron chi connectivity index (χ0n) is 20.1. The molecule has 0 unspecified atom stereocenters. The number of fused-ring (bicyclic) bond motifs is 2. The number of nitrogens with zero attached hydrogens (tertiary/aromatic N) is 4. The molecule has 0 aliphatic heterocycles. The maximum absolute atomic E-state index is 13.1. The molecule has 1 amide bonds. The number of rotatable bonds is 7. The summed E-state index contributed by atoms with van der Waals surface area (Å²) in [6.07, 6.45) is 1.76. The van der Waals surface area contributed by atoms with Gasteiger partial charge in [0, 0.05) is 22.5 Å². The van der Waals surface area contributed by atoms with Crippen LogP contribution in [0.1, 0.15) is 22.0 Å². The number of carbonyl (C=O) groups excluding carboxylic acids is 1. The minimum absolute atomic E-state index is 0.215. The lowest BCUT2D eigenvalue weighted by Gasteiger charge is -2.15. The van der Waals surface area contributed by atoms with E-state index in [1.54, 1.807) is 53.1 Å². The minimum atomic E-state index is -1.20. The largest absolute Gasteiger partial charge is 0.479 e. The van der Waals surface area contributed by atoms with Crippen molar-refractivity contribution < 1.29 is 14.7 Å². The van der Waals surface area contributed by atoms with Crippen molar-refractivity contribution >= 4 is 61.5 Å². The van der Waals surface area contributed by atoms with Gasteiger partial charge in [0.05, 0.1) is 15.8 Å². The molecule has 3 aromatic carbocycles. The lowest BCUT2D eigenvalue weighted by Crippen LogP contribution is -2.34. The van der Waals surface area contributed by atoms with E-state index in [1.165, 1.54) is 11.3 Å². The number of aromatic nitrogens is 4. The number of pyridine rings is 1. The minimum Gasteiger partial charge on any atom is -0.479 e. The van der Waals surface area contributed by atoms with Gasteiger partial charge in [-0.1, -0.05) is 53.3 Å². The maximum atomic E-state index is 13.1. The summed E-state index contributed by atoms with van der Waals surface area (Å²) in [4.78, 5) is 29.6. The van der Waals surface area contributed by atoms with Crippen LogP contribution in [-0.4, -0.2) is 36.6 Å². The fourth-order valence-corrected chi connectivity index (χ4v) is 5.37. The Morgan fingerprint density at radius 2 is 1.74 bits per heavy atom. The van der Waals surface area contributed by atoms with Crippen molar-refractivity contribution in [2.24, 2.45) is 0 Å². The van der Waals surface area contributed by atoms with Crippen LogP contribution in [0.4, 0.5) is 10.8 Å². The van der Waals surface area contributed by atoms with Gasteiger partial charge in [-0.2, -0.15) is 0 Å². The SMILES string of the molecule is O=C(N[C@H](C(=O)O)c1ccccc1)c1cccn2c(-c3ccc(Nc4nc5ccc(Cl)cc5s4)cc3)nnc12. The second kappa shape index (κ2) is 10.2. The van der Waals surface area contributed by atoms with Gasteiger partial charge in [-0.05, 0) is 60.2 Å². The molecule has 0 aliphatic carbocycles. The third kappa shape index (κ3) is 4.90. The van der Waals surface area contributed by atoms with E-state index in [4.69, 9.17) is 11.6 Å². The number of aliphatic carboxylic acids is 1. The Bertz CT molecular complexity index is 1840. The van der Waals surface area contributed by atoms with Gasteiger partial charge in [-0.25, -0.2) is 9.78 Å². The first-order valence-electron chi connectivity index (χ1n) is 11.8. The molecule has 39 heavy (non-hydrogen) atoms. The summed E-state index contributed by atoms with van der Waals surface area (Å²) in [7, 11) is 0. The van der Waals surface area contributed by atoms with Crippen LogP contribution in [-0.2, 0) is 4.79 Å². The van der Waals surface area contributed by atoms with Crippen molar-refractivity contribution in [2.45, 2.75) is 6.04 Å². The third-order valence-corrected chi connectivity index (χ3v) is 7.25. The molecule has 6 aromatic rings. The highest BCUT2D eigenvalue weighted by Crippen LogP contribution is 2.31. The van der Waals surface area contributed by atoms with Crippen LogP contribution in [0.3, 0.4) is 0 Å². The first-order chi connectivity index (χ1) is 19.0. The van der Waals surface area contributed by atoms with Crippen molar-refractivity contribution in [3.8, 4) is 11.4 Å². The zero-order valence-corrected chi connectivity index (χ0v) is 21.6. The van der Waals surface area contributed by atoms with Crippen LogP contribution in [0.25, 0.3) is 27.3 Å². The van der Waals surface area contributed by atoms with Crippen molar-refractivity contribution in [3.63, 3.8) is 0 Å². The fraction of sp³-hybridized carbons (Fsp3) is 0.0357. The number of benzene rings is 3. The molecule has 0 saturated carbocycles. The van der Waals surface area contributed by atoms with Gasteiger partial charge in [0.25, 0.3) is 5.91 Å². The van der Waals surface area contributed by atoms with Crippen molar-refractivity contribution in [1.29, 1.82) is 0 Å². The van der Waals surface area contributed by atoms with E-state index in [0.29, 0.717) is 22.1 Å². The molecule has 0 saturated heterocycles. The summed E-state index contributed by atoms with van der Waals surface area (Å²) >= 11 is 7.59. The van der Waals surface area contributed by atoms with Gasteiger partial charge in [0.1, 0.15) is 0 Å². The standard InChI is InChI=1S/C28H19ClN6O3S/c29-18-10-13-21-22(15-18)39-28(31-21)30-19-11-8-17(9-12-19)24-33-34-25-20(7-4-14-35(24)25)26(36)32-23(27(37)38)16-5-2-1-3-6-16/h1-15,23H,(H,30,31)(H,32,36)(H,37,38)/t23-/m0/s1. The van der Waals surface area contributed by atoms with E-state index in [0.717, 1.165) is 26.6 Å². The predicted octanol–water partition coefficient (Wildman–Crippen LogP) is 5.96. The average Bonchev–Trinajstić information content (AvgIpc) is 3.55. The normalized spacial score (nSPS) is 11.9. The van der Waals surface area contributed by atoms with Crippen LogP contribution in [0.5, 0.6) is 0 Å². The van der Waals surface area contributed by atoms with Gasteiger partial charge in [0.2, 0.25) is 0 Å². The molecule has 11 heteroatoms. The molecule has 3 N–H and O–H groups in total. The quantitative estimate of drug-likeness (QED) is 0.222. The Balaban J connectivity index is 1.24. The van der Waals surface area contributed by atoms with Gasteiger partial charge in [0.15, 0.2) is 22.6 Å². The van der Waals surface area contributed by atoms with E-state index in [1.807, 2.05) is 42.5 Å². The highest BCUT2D eigenvalue weighted by Gasteiger charge is 2.24. The van der Waals surface area contributed by atoms with Gasteiger partial charge < -0.3 is 15.7 Å². The van der Waals surface area contributed by atoms with Crippen LogP contribution in [0, 0.1) is 0 Å². The molecule has 0 radical (unpaired) electrons. The smallest absolute Gasteiger partial charge is 0.330 e. The summed E-state index contributed by atoms with van der Waals surface area (Å²) in [6.45, 7) is 0. The Morgan fingerprint density at radius 1 is 0.949 bits per heavy atom. The summed E-state index contributed by atoms with van der Waals surface area (Å²) in [5.41, 5.74) is 3.51. The highest BCUT2D eigenvalue weighted by atomic mass is 35.5. The lowest BCUT2D eigenvalue weighted by molar-refractivity contribution is -0.139. The van der Waals surface area contributed by atoms with E-state index in [-0.39, 0.29) is 5.56 Å². The molecule has 192 valence electrons. The van der Waals surface area contributed by atoms with Crippen LogP contribution >= 0.6 is 22.9 Å². The number of hydrogen-bond donors (Lipinski definition) is 3. The number of anilines is 2. The van der Waals surface area contributed by atoms with E-state index < -0.39 is 17.9 Å². The molecule has 3 aromatic heterocycles. The van der Waals surface area contributed by atoms with E-state index >= 15 is 0 Å². The Morgan fingerprint density at radius 3 is 2.51 bits per heavy atom. The molecule has 1 atom stereocenters. The zero-order chi connectivity index (χ0) is 26.9. The first-order valence-corrected chi connectivity index (χ1v) is 13.0. The first kappa shape index (κ1) is 24.5. The summed E-state index contributed by atoms with van der Waals surface area (Å²) in [5.74, 6) is -1.18. The number of carboxylic acid groups (broad SMARTS) is 1. The summed E-state index contributed by atoms with van der Waals surface area (Å²) in [5, 5.41) is 25.5. The van der Waals surface area contributed by atoms with Gasteiger partial charge in [-0.15, -0.1) is 10.2 Å². The number of hydrogen-bond acceptors (Lipinski definition) is 7. The Labute approximate surface area is 230 Å². The summed E-state index contributed by atoms with van der Waals surface area (Å²) < 4.78 is 2.70. The third-order valence-electron chi connectivity index (χ3n) is 6.08. The molecular formula is C28H19ClN6O3S. The Kier molecular flexibility index (Phi) is 6.39. The van der Waals surface area contributed by atoms with E-state index in [9.17, 15) is 14.7 Å². The van der Waals surface area contributed by atoms with Crippen molar-refractivity contribution in [2.75, 3.05) is 5.32 Å². The second-order valence-electron chi connectivity index (χ2n) is 8.63. The molecule has 0 spiro atoms. The van der Waals surface area contributed by atoms with Gasteiger partial charge in [-0.3, -0.25) is 9.20 Å². The lowest BCUT2D eigenvalue weighted by atomic mass is 10.1. The number of carboxylic acids is 1. The molecular weight excluding hydrogens is 536 g/mol. The number of nitrogens with one attached hydrogen (secondary N) is 2. The molecule has 0 bridgehead atoms. The van der Waals surface area contributed by atoms with Crippen LogP contribution in [0.15, 0.2) is 91.1 Å². The van der Waals surface area contributed by atoms with Crippen LogP contribution in [0.2, 0.25) is 5.02 Å². The van der Waals surface area contributed by atoms with Crippen molar-refractivity contribution in [3.05, 3.63) is 107 Å². The Hall–Kier alpha value is -4.80. The number of amides is 1. The second-order valence-corrected chi connectivity index (χ2v) is 10.1. The number of carbonyl (C=O) groups is 2. The predicted molar refractivity (Wildman–Crippen MR) is 151 cm³/mol. The summed E-state index contributed by atoms with van der Waals surface area (Å²) in [6, 6.07) is 23.8.